The van der Waals surface area contributed by atoms with E-state index in [2.05, 4.69) is 0 Å². The first-order valence-corrected chi connectivity index (χ1v) is 12.7. The second-order valence-electron chi connectivity index (χ2n) is 9.85. The van der Waals surface area contributed by atoms with E-state index in [-0.39, 0.29) is 44.2 Å². The minimum Gasteiger partial charge on any atom is -0.468 e. The van der Waals surface area contributed by atoms with E-state index in [4.69, 9.17) is 34.2 Å². The van der Waals surface area contributed by atoms with Gasteiger partial charge in [-0.2, -0.15) is 0 Å². The van der Waals surface area contributed by atoms with Gasteiger partial charge in [0.15, 0.2) is 11.5 Å². The van der Waals surface area contributed by atoms with Crippen molar-refractivity contribution in [3.63, 3.8) is 0 Å². The number of benzene rings is 1. The van der Waals surface area contributed by atoms with E-state index in [1.54, 1.807) is 26.8 Å². The number of unbranched alkanes of at least 4 members (excludes halogenated alkanes) is 2. The zero-order chi connectivity index (χ0) is 28.8. The van der Waals surface area contributed by atoms with Gasteiger partial charge >= 0.3 is 24.2 Å². The molecule has 0 saturated carbocycles. The van der Waals surface area contributed by atoms with E-state index >= 15 is 0 Å². The Morgan fingerprint density at radius 3 is 1.84 bits per heavy atom. The SMILES string of the molecule is CCCCOC(=O)Oc1ccc(C[C@](N)(CCOC(=O)C(C)(C)C)C(=O)OC)cc1OC(=O)OCCCC. The summed E-state index contributed by atoms with van der Waals surface area (Å²) in [7, 11) is 1.20. The Hall–Kier alpha value is -3.34. The molecule has 0 spiro atoms. The molecule has 1 atom stereocenters. The van der Waals surface area contributed by atoms with Crippen molar-refractivity contribution >= 4 is 24.2 Å². The summed E-state index contributed by atoms with van der Waals surface area (Å²) in [6.45, 7) is 9.25. The molecule has 11 heteroatoms. The minimum atomic E-state index is -1.56. The van der Waals surface area contributed by atoms with Gasteiger partial charge in [-0.1, -0.05) is 32.8 Å². The molecule has 1 aromatic rings. The molecule has 0 radical (unpaired) electrons. The summed E-state index contributed by atoms with van der Waals surface area (Å²) in [5, 5.41) is 0. The van der Waals surface area contributed by atoms with Crippen LogP contribution in [0, 0.1) is 5.41 Å². The highest BCUT2D eigenvalue weighted by Crippen LogP contribution is 2.31. The highest BCUT2D eigenvalue weighted by molar-refractivity contribution is 5.81. The highest BCUT2D eigenvalue weighted by atomic mass is 16.7. The molecule has 0 aliphatic carbocycles. The second-order valence-corrected chi connectivity index (χ2v) is 9.85. The largest absolute Gasteiger partial charge is 0.513 e. The van der Waals surface area contributed by atoms with Gasteiger partial charge in [0, 0.05) is 12.8 Å². The van der Waals surface area contributed by atoms with Crippen molar-refractivity contribution in [2.75, 3.05) is 26.9 Å². The molecule has 0 bridgehead atoms. The van der Waals surface area contributed by atoms with Crippen molar-refractivity contribution in [2.45, 2.75) is 78.7 Å². The van der Waals surface area contributed by atoms with E-state index in [1.165, 1.54) is 19.2 Å². The van der Waals surface area contributed by atoms with Crippen molar-refractivity contribution in [1.82, 2.24) is 0 Å². The third-order valence-corrected chi connectivity index (χ3v) is 5.34. The van der Waals surface area contributed by atoms with Crippen LogP contribution in [-0.4, -0.2) is 56.7 Å². The molecule has 0 aromatic heterocycles. The van der Waals surface area contributed by atoms with Gasteiger partial charge in [-0.15, -0.1) is 0 Å². The molecule has 1 rings (SSSR count). The van der Waals surface area contributed by atoms with Crippen molar-refractivity contribution < 1.29 is 47.6 Å². The molecule has 11 nitrogen and oxygen atoms in total. The maximum atomic E-state index is 12.6. The molecule has 1 aromatic carbocycles. The fourth-order valence-corrected chi connectivity index (χ4v) is 3.04. The number of methoxy groups -OCH3 is 1. The van der Waals surface area contributed by atoms with Gasteiger partial charge in [-0.3, -0.25) is 9.59 Å². The van der Waals surface area contributed by atoms with Crippen molar-refractivity contribution in [3.05, 3.63) is 23.8 Å². The Morgan fingerprint density at radius 2 is 1.34 bits per heavy atom. The smallest absolute Gasteiger partial charge is 0.468 e. The maximum absolute atomic E-state index is 12.6. The topological polar surface area (TPSA) is 150 Å². The van der Waals surface area contributed by atoms with Crippen molar-refractivity contribution in [1.29, 1.82) is 0 Å². The lowest BCUT2D eigenvalue weighted by Gasteiger charge is -2.27. The van der Waals surface area contributed by atoms with Gasteiger partial charge in [-0.25, -0.2) is 9.59 Å². The molecule has 0 amide bonds. The van der Waals surface area contributed by atoms with Crippen LogP contribution >= 0.6 is 0 Å². The zero-order valence-electron chi connectivity index (χ0n) is 23.3. The van der Waals surface area contributed by atoms with E-state index in [0.29, 0.717) is 18.4 Å². The van der Waals surface area contributed by atoms with Crippen LogP contribution in [0.3, 0.4) is 0 Å². The summed E-state index contributed by atoms with van der Waals surface area (Å²) < 4.78 is 30.7. The molecule has 0 aliphatic rings. The Morgan fingerprint density at radius 1 is 0.789 bits per heavy atom. The zero-order valence-corrected chi connectivity index (χ0v) is 23.3. The van der Waals surface area contributed by atoms with E-state index in [9.17, 15) is 19.2 Å². The first-order chi connectivity index (χ1) is 17.9. The average molecular weight is 540 g/mol. The van der Waals surface area contributed by atoms with Gasteiger partial charge in [0.1, 0.15) is 5.54 Å². The number of hydrogen-bond donors (Lipinski definition) is 1. The third kappa shape index (κ3) is 11.4. The molecule has 2 N–H and O–H groups in total. The summed E-state index contributed by atoms with van der Waals surface area (Å²) in [6.07, 6.45) is 0.928. The van der Waals surface area contributed by atoms with Crippen molar-refractivity contribution in [3.8, 4) is 11.5 Å². The van der Waals surface area contributed by atoms with Crippen LogP contribution in [0.2, 0.25) is 0 Å². The molecular weight excluding hydrogens is 498 g/mol. The Balaban J connectivity index is 3.14. The molecule has 0 saturated heterocycles. The lowest BCUT2D eigenvalue weighted by Crippen LogP contribution is -2.51. The number of hydrogen-bond acceptors (Lipinski definition) is 11. The fourth-order valence-electron chi connectivity index (χ4n) is 3.04. The van der Waals surface area contributed by atoms with Crippen LogP contribution in [0.15, 0.2) is 18.2 Å². The Labute approximate surface area is 224 Å². The Bertz CT molecular complexity index is 940. The van der Waals surface area contributed by atoms with E-state index in [0.717, 1.165) is 12.8 Å². The number of esters is 2. The normalized spacial score (nSPS) is 12.6. The van der Waals surface area contributed by atoms with Crippen LogP contribution < -0.4 is 15.2 Å². The molecule has 214 valence electrons. The number of ether oxygens (including phenoxy) is 6. The highest BCUT2D eigenvalue weighted by Gasteiger charge is 2.36. The summed E-state index contributed by atoms with van der Waals surface area (Å²) >= 11 is 0. The summed E-state index contributed by atoms with van der Waals surface area (Å²) in [6, 6.07) is 4.35. The van der Waals surface area contributed by atoms with Gasteiger partial charge in [0.05, 0.1) is 32.3 Å². The van der Waals surface area contributed by atoms with Gasteiger partial charge < -0.3 is 34.2 Å². The summed E-state index contributed by atoms with van der Waals surface area (Å²) in [5.41, 5.74) is 4.58. The monoisotopic (exact) mass is 539 g/mol. The Kier molecular flexibility index (Phi) is 13.6. The van der Waals surface area contributed by atoms with Gasteiger partial charge in [0.25, 0.3) is 0 Å². The van der Waals surface area contributed by atoms with Crippen LogP contribution in [-0.2, 0) is 35.0 Å². The van der Waals surface area contributed by atoms with Crippen LogP contribution in [0.4, 0.5) is 9.59 Å². The number of carbonyl (C=O) groups excluding carboxylic acids is 4. The molecule has 0 fully saturated rings. The van der Waals surface area contributed by atoms with E-state index < -0.39 is 35.2 Å². The first-order valence-electron chi connectivity index (χ1n) is 12.7. The van der Waals surface area contributed by atoms with Crippen LogP contribution in [0.1, 0.15) is 72.3 Å². The lowest BCUT2D eigenvalue weighted by molar-refractivity contribution is -0.156. The van der Waals surface area contributed by atoms with Crippen LogP contribution in [0.5, 0.6) is 11.5 Å². The van der Waals surface area contributed by atoms with E-state index in [1.807, 2.05) is 13.8 Å². The standard InChI is InChI=1S/C27H41NO10/c1-7-9-14-35-24(31)37-20-12-11-19(17-21(20)38-25(32)36-15-10-8-2)18-27(28,23(30)33-6)13-16-34-22(29)26(3,4)5/h11-12,17H,7-10,13-16,18,28H2,1-6H3/t27-/m1/s1. The molecule has 38 heavy (non-hydrogen) atoms. The quantitative estimate of drug-likeness (QED) is 0.151. The first kappa shape index (κ1) is 32.7. The average Bonchev–Trinajstić information content (AvgIpc) is 2.84. The van der Waals surface area contributed by atoms with Gasteiger partial charge in [0.2, 0.25) is 0 Å². The molecule has 0 aliphatic heterocycles. The molecular formula is C27H41NO10. The predicted octanol–water partition coefficient (Wildman–Crippen LogP) is 4.71. The maximum Gasteiger partial charge on any atom is 0.513 e. The van der Waals surface area contributed by atoms with Crippen molar-refractivity contribution in [2.24, 2.45) is 11.1 Å². The fraction of sp³-hybridized carbons (Fsp3) is 0.630. The van der Waals surface area contributed by atoms with Crippen LogP contribution in [0.25, 0.3) is 0 Å². The number of rotatable bonds is 14. The number of carbonyl (C=O) groups is 4. The molecule has 0 heterocycles. The summed E-state index contributed by atoms with van der Waals surface area (Å²) in [5.74, 6) is -1.36. The lowest BCUT2D eigenvalue weighted by atomic mass is 9.88. The van der Waals surface area contributed by atoms with Gasteiger partial charge in [-0.05, 0) is 51.3 Å². The number of nitrogens with two attached hydrogens (primary N) is 1. The third-order valence-electron chi connectivity index (χ3n) is 5.34. The second kappa shape index (κ2) is 15.8. The molecule has 0 unspecified atom stereocenters. The summed E-state index contributed by atoms with van der Waals surface area (Å²) in [4.78, 5) is 49.0. The minimum absolute atomic E-state index is 0.0290. The predicted molar refractivity (Wildman–Crippen MR) is 138 cm³/mol.